The molecule has 0 radical (unpaired) electrons. The second-order valence-electron chi connectivity index (χ2n) is 8.58. The second kappa shape index (κ2) is 9.97. The molecule has 1 fully saturated rings. The van der Waals surface area contributed by atoms with Crippen molar-refractivity contribution in [1.29, 1.82) is 0 Å². The molecule has 33 heavy (non-hydrogen) atoms. The predicted molar refractivity (Wildman–Crippen MR) is 129 cm³/mol. The van der Waals surface area contributed by atoms with Crippen LogP contribution in [0.1, 0.15) is 29.5 Å². The maximum atomic E-state index is 13.5. The first-order chi connectivity index (χ1) is 16.3. The first-order valence-electron chi connectivity index (χ1n) is 11.5. The van der Waals surface area contributed by atoms with E-state index in [1.807, 2.05) is 91.0 Å². The number of benzene rings is 3. The Labute approximate surface area is 194 Å². The number of hydrogen-bond acceptors (Lipinski definition) is 4. The SMILES string of the molecule is O=C(OCc1ccccc1)[C@@H](N=C(c1ccccc1)c1ccccc1)C1C[C@H]2C=C[C@@H](C1)O2. The zero-order valence-electron chi connectivity index (χ0n) is 18.4. The molecule has 166 valence electrons. The number of esters is 1. The summed E-state index contributed by atoms with van der Waals surface area (Å²) in [5.74, 6) is -0.232. The summed E-state index contributed by atoms with van der Waals surface area (Å²) in [5.41, 5.74) is 3.74. The Morgan fingerprint density at radius 1 is 0.818 bits per heavy atom. The summed E-state index contributed by atoms with van der Waals surface area (Å²) in [6.07, 6.45) is 5.83. The number of carbonyl (C=O) groups excluding carboxylic acids is 1. The smallest absolute Gasteiger partial charge is 0.331 e. The highest BCUT2D eigenvalue weighted by Gasteiger charge is 2.39. The monoisotopic (exact) mass is 437 g/mol. The number of ether oxygens (including phenoxy) is 2. The van der Waals surface area contributed by atoms with Crippen LogP contribution in [0.3, 0.4) is 0 Å². The third-order valence-corrected chi connectivity index (χ3v) is 6.23. The van der Waals surface area contributed by atoms with Gasteiger partial charge in [0.15, 0.2) is 6.04 Å². The van der Waals surface area contributed by atoms with Gasteiger partial charge in [0.2, 0.25) is 0 Å². The lowest BCUT2D eigenvalue weighted by molar-refractivity contribution is -0.149. The van der Waals surface area contributed by atoms with Crippen molar-refractivity contribution in [2.75, 3.05) is 0 Å². The maximum Gasteiger partial charge on any atom is 0.331 e. The van der Waals surface area contributed by atoms with Crippen molar-refractivity contribution < 1.29 is 14.3 Å². The fourth-order valence-corrected chi connectivity index (χ4v) is 4.59. The van der Waals surface area contributed by atoms with Gasteiger partial charge in [-0.15, -0.1) is 0 Å². The van der Waals surface area contributed by atoms with E-state index in [0.717, 1.165) is 35.2 Å². The van der Waals surface area contributed by atoms with E-state index in [0.29, 0.717) is 0 Å². The molecule has 2 heterocycles. The van der Waals surface area contributed by atoms with Crippen LogP contribution in [0, 0.1) is 5.92 Å². The van der Waals surface area contributed by atoms with Gasteiger partial charge in [0.05, 0.1) is 17.9 Å². The normalized spacial score (nSPS) is 21.9. The molecule has 4 nitrogen and oxygen atoms in total. The minimum atomic E-state index is -0.599. The Balaban J connectivity index is 1.49. The van der Waals surface area contributed by atoms with Crippen molar-refractivity contribution in [1.82, 2.24) is 0 Å². The standard InChI is InChI=1S/C29H27NO3/c31-29(32-20-21-10-4-1-5-11-21)28(24-18-25-16-17-26(19-24)33-25)30-27(22-12-6-2-7-13-22)23-14-8-3-9-15-23/h1-17,24-26,28H,18-20H2/t24?,25-,26+,28-/m0/s1. The lowest BCUT2D eigenvalue weighted by atomic mass is 9.87. The van der Waals surface area contributed by atoms with Crippen LogP contribution in [0.2, 0.25) is 0 Å². The summed E-state index contributed by atoms with van der Waals surface area (Å²) in [4.78, 5) is 18.6. The van der Waals surface area contributed by atoms with Gasteiger partial charge in [-0.3, -0.25) is 4.99 Å². The van der Waals surface area contributed by atoms with Gasteiger partial charge in [-0.1, -0.05) is 103 Å². The summed E-state index contributed by atoms with van der Waals surface area (Å²) in [5, 5.41) is 0. The fraction of sp³-hybridized carbons (Fsp3) is 0.241. The van der Waals surface area contributed by atoms with E-state index in [9.17, 15) is 4.79 Å². The number of hydrogen-bond donors (Lipinski definition) is 0. The molecule has 0 amide bonds. The van der Waals surface area contributed by atoms with Gasteiger partial charge in [0.25, 0.3) is 0 Å². The van der Waals surface area contributed by atoms with E-state index in [2.05, 4.69) is 12.2 Å². The van der Waals surface area contributed by atoms with E-state index in [4.69, 9.17) is 14.5 Å². The minimum absolute atomic E-state index is 0.0465. The number of nitrogens with zero attached hydrogens (tertiary/aromatic N) is 1. The predicted octanol–water partition coefficient (Wildman–Crippen LogP) is 5.37. The van der Waals surface area contributed by atoms with Crippen LogP contribution in [0.15, 0.2) is 108 Å². The first kappa shape index (κ1) is 21.4. The Bertz CT molecular complexity index is 1070. The first-order valence-corrected chi connectivity index (χ1v) is 11.5. The molecule has 0 N–H and O–H groups in total. The lowest BCUT2D eigenvalue weighted by Gasteiger charge is -2.32. The van der Waals surface area contributed by atoms with E-state index < -0.39 is 6.04 Å². The highest BCUT2D eigenvalue weighted by Crippen LogP contribution is 2.35. The third kappa shape index (κ3) is 5.12. The van der Waals surface area contributed by atoms with Crippen LogP contribution in [-0.4, -0.2) is 29.9 Å². The van der Waals surface area contributed by atoms with Crippen molar-refractivity contribution in [2.45, 2.75) is 37.7 Å². The molecular weight excluding hydrogens is 410 g/mol. The fourth-order valence-electron chi connectivity index (χ4n) is 4.59. The van der Waals surface area contributed by atoms with Gasteiger partial charge in [-0.2, -0.15) is 0 Å². The van der Waals surface area contributed by atoms with Gasteiger partial charge in [-0.25, -0.2) is 4.79 Å². The average molecular weight is 438 g/mol. The van der Waals surface area contributed by atoms with Gasteiger partial charge in [0, 0.05) is 11.1 Å². The molecule has 1 saturated heterocycles. The quantitative estimate of drug-likeness (QED) is 0.284. The Hall–Kier alpha value is -3.50. The third-order valence-electron chi connectivity index (χ3n) is 6.23. The van der Waals surface area contributed by atoms with Crippen molar-refractivity contribution >= 4 is 11.7 Å². The van der Waals surface area contributed by atoms with Crippen LogP contribution in [-0.2, 0) is 20.9 Å². The zero-order valence-corrected chi connectivity index (χ0v) is 18.4. The van der Waals surface area contributed by atoms with Crippen molar-refractivity contribution in [3.63, 3.8) is 0 Å². The highest BCUT2D eigenvalue weighted by molar-refractivity contribution is 6.13. The summed E-state index contributed by atoms with van der Waals surface area (Å²) < 4.78 is 11.7. The van der Waals surface area contributed by atoms with Crippen LogP contribution in [0.4, 0.5) is 0 Å². The van der Waals surface area contributed by atoms with E-state index in [1.54, 1.807) is 0 Å². The van der Waals surface area contributed by atoms with E-state index in [-0.39, 0.29) is 30.7 Å². The van der Waals surface area contributed by atoms with Crippen LogP contribution in [0.25, 0.3) is 0 Å². The number of fused-ring (bicyclic) bond motifs is 2. The lowest BCUT2D eigenvalue weighted by Crippen LogP contribution is -2.38. The second-order valence-corrected chi connectivity index (χ2v) is 8.58. The van der Waals surface area contributed by atoms with Crippen LogP contribution in [0.5, 0.6) is 0 Å². The summed E-state index contributed by atoms with van der Waals surface area (Å²) >= 11 is 0. The van der Waals surface area contributed by atoms with Crippen molar-refractivity contribution in [3.05, 3.63) is 120 Å². The van der Waals surface area contributed by atoms with Gasteiger partial charge >= 0.3 is 5.97 Å². The molecule has 0 saturated carbocycles. The van der Waals surface area contributed by atoms with Crippen molar-refractivity contribution in [2.24, 2.45) is 10.9 Å². The largest absolute Gasteiger partial charge is 0.459 e. The van der Waals surface area contributed by atoms with Crippen molar-refractivity contribution in [3.8, 4) is 0 Å². The molecule has 3 aromatic carbocycles. The van der Waals surface area contributed by atoms with Crippen LogP contribution < -0.4 is 0 Å². The van der Waals surface area contributed by atoms with E-state index in [1.165, 1.54) is 0 Å². The molecule has 4 heteroatoms. The average Bonchev–Trinajstić information content (AvgIpc) is 3.22. The number of rotatable bonds is 7. The molecule has 0 spiro atoms. The Morgan fingerprint density at radius 2 is 1.33 bits per heavy atom. The Kier molecular flexibility index (Phi) is 6.45. The highest BCUT2D eigenvalue weighted by atomic mass is 16.5. The topological polar surface area (TPSA) is 47.9 Å². The zero-order chi connectivity index (χ0) is 22.5. The molecular formula is C29H27NO3. The molecule has 2 aliphatic heterocycles. The van der Waals surface area contributed by atoms with Crippen LogP contribution >= 0.6 is 0 Å². The van der Waals surface area contributed by atoms with Gasteiger partial charge in [-0.05, 0) is 24.3 Å². The summed E-state index contributed by atoms with van der Waals surface area (Å²) in [7, 11) is 0. The molecule has 0 aliphatic carbocycles. The molecule has 0 aromatic heterocycles. The molecule has 5 rings (SSSR count). The minimum Gasteiger partial charge on any atom is -0.459 e. The summed E-state index contributed by atoms with van der Waals surface area (Å²) in [6, 6.07) is 29.3. The molecule has 4 atom stereocenters. The van der Waals surface area contributed by atoms with Gasteiger partial charge in [0.1, 0.15) is 6.61 Å². The summed E-state index contributed by atoms with van der Waals surface area (Å²) in [6.45, 7) is 0.242. The molecule has 2 aliphatic rings. The Morgan fingerprint density at radius 3 is 1.88 bits per heavy atom. The maximum absolute atomic E-state index is 13.5. The molecule has 3 aromatic rings. The number of aliphatic imine (C=N–C) groups is 1. The molecule has 2 bridgehead atoms. The van der Waals surface area contributed by atoms with Gasteiger partial charge < -0.3 is 9.47 Å². The number of carbonyl (C=O) groups is 1. The molecule has 1 unspecified atom stereocenters. The van der Waals surface area contributed by atoms with E-state index >= 15 is 0 Å².